The van der Waals surface area contributed by atoms with E-state index in [4.69, 9.17) is 10.5 Å². The fourth-order valence-electron chi connectivity index (χ4n) is 2.55. The summed E-state index contributed by atoms with van der Waals surface area (Å²) in [5.74, 6) is -0.226. The van der Waals surface area contributed by atoms with Crippen molar-refractivity contribution >= 4 is 11.8 Å². The van der Waals surface area contributed by atoms with Gasteiger partial charge in [0.15, 0.2) is 0 Å². The molecule has 2 rings (SSSR count). The molecule has 6 nitrogen and oxygen atoms in total. The maximum Gasteiger partial charge on any atom is 0.251 e. The van der Waals surface area contributed by atoms with Crippen molar-refractivity contribution in [3.63, 3.8) is 0 Å². The van der Waals surface area contributed by atoms with Gasteiger partial charge in [-0.05, 0) is 36.5 Å². The summed E-state index contributed by atoms with van der Waals surface area (Å²) in [6.45, 7) is 5.47. The third kappa shape index (κ3) is 5.32. The van der Waals surface area contributed by atoms with Crippen molar-refractivity contribution in [3.05, 3.63) is 35.4 Å². The third-order valence-corrected chi connectivity index (χ3v) is 4.19. The Hall–Kier alpha value is -1.92. The molecule has 0 aromatic heterocycles. The minimum Gasteiger partial charge on any atom is -0.376 e. The normalized spacial score (nSPS) is 18.4. The molecule has 2 atom stereocenters. The molecule has 0 bridgehead atoms. The van der Waals surface area contributed by atoms with E-state index in [2.05, 4.69) is 10.6 Å². The SMILES string of the molecule is CC(C)[C@H](N)C(=O)NCc1cccc(C(=O)NCC2CCCO2)c1. The molecule has 1 saturated heterocycles. The monoisotopic (exact) mass is 333 g/mol. The van der Waals surface area contributed by atoms with Gasteiger partial charge in [-0.1, -0.05) is 26.0 Å². The summed E-state index contributed by atoms with van der Waals surface area (Å²) >= 11 is 0. The lowest BCUT2D eigenvalue weighted by atomic mass is 10.0. The van der Waals surface area contributed by atoms with Crippen molar-refractivity contribution in [1.29, 1.82) is 0 Å². The van der Waals surface area contributed by atoms with Crippen molar-refractivity contribution in [2.75, 3.05) is 13.2 Å². The van der Waals surface area contributed by atoms with E-state index < -0.39 is 6.04 Å². The van der Waals surface area contributed by atoms with E-state index in [0.717, 1.165) is 25.0 Å². The molecule has 2 amide bonds. The first-order valence-electron chi connectivity index (χ1n) is 8.49. The summed E-state index contributed by atoms with van der Waals surface area (Å²) in [7, 11) is 0. The van der Waals surface area contributed by atoms with Crippen molar-refractivity contribution in [2.45, 2.75) is 45.4 Å². The van der Waals surface area contributed by atoms with Crippen molar-refractivity contribution < 1.29 is 14.3 Å². The lowest BCUT2D eigenvalue weighted by Gasteiger charge is -2.15. The molecule has 0 spiro atoms. The number of rotatable bonds is 7. The largest absolute Gasteiger partial charge is 0.376 e. The Kier molecular flexibility index (Phi) is 6.75. The molecule has 24 heavy (non-hydrogen) atoms. The van der Waals surface area contributed by atoms with E-state index in [0.29, 0.717) is 18.7 Å². The first kappa shape index (κ1) is 18.4. The van der Waals surface area contributed by atoms with Gasteiger partial charge < -0.3 is 21.1 Å². The second kappa shape index (κ2) is 8.80. The first-order chi connectivity index (χ1) is 11.5. The molecule has 132 valence electrons. The first-order valence-corrected chi connectivity index (χ1v) is 8.49. The van der Waals surface area contributed by atoms with Gasteiger partial charge in [0.2, 0.25) is 5.91 Å². The van der Waals surface area contributed by atoms with Gasteiger partial charge in [-0.15, -0.1) is 0 Å². The average molecular weight is 333 g/mol. The predicted octanol–water partition coefficient (Wildman–Crippen LogP) is 1.19. The van der Waals surface area contributed by atoms with Crippen LogP contribution in [-0.2, 0) is 16.1 Å². The summed E-state index contributed by atoms with van der Waals surface area (Å²) in [5.41, 5.74) is 7.26. The highest BCUT2D eigenvalue weighted by Crippen LogP contribution is 2.11. The Bertz CT molecular complexity index is 568. The van der Waals surface area contributed by atoms with Crippen molar-refractivity contribution in [2.24, 2.45) is 11.7 Å². The zero-order valence-corrected chi connectivity index (χ0v) is 14.4. The molecule has 4 N–H and O–H groups in total. The lowest BCUT2D eigenvalue weighted by molar-refractivity contribution is -0.123. The minimum absolute atomic E-state index is 0.0833. The molecule has 1 fully saturated rings. The summed E-state index contributed by atoms with van der Waals surface area (Å²) in [6.07, 6.45) is 2.16. The van der Waals surface area contributed by atoms with Crippen LogP contribution < -0.4 is 16.4 Å². The van der Waals surface area contributed by atoms with E-state index in [1.54, 1.807) is 12.1 Å². The van der Waals surface area contributed by atoms with Crippen molar-refractivity contribution in [3.8, 4) is 0 Å². The smallest absolute Gasteiger partial charge is 0.251 e. The molecule has 0 radical (unpaired) electrons. The highest BCUT2D eigenvalue weighted by Gasteiger charge is 2.18. The maximum atomic E-state index is 12.2. The van der Waals surface area contributed by atoms with Gasteiger partial charge in [0.1, 0.15) is 0 Å². The van der Waals surface area contributed by atoms with Crippen LogP contribution in [-0.4, -0.2) is 37.1 Å². The van der Waals surface area contributed by atoms with Gasteiger partial charge in [-0.25, -0.2) is 0 Å². The highest BCUT2D eigenvalue weighted by atomic mass is 16.5. The molecule has 1 aromatic rings. The van der Waals surface area contributed by atoms with Crippen LogP contribution in [0.2, 0.25) is 0 Å². The molecule has 1 aromatic carbocycles. The molecule has 1 aliphatic heterocycles. The van der Waals surface area contributed by atoms with Gasteiger partial charge in [-0.3, -0.25) is 9.59 Å². The highest BCUT2D eigenvalue weighted by molar-refractivity contribution is 5.94. The van der Waals surface area contributed by atoms with Crippen LogP contribution >= 0.6 is 0 Å². The van der Waals surface area contributed by atoms with Crippen molar-refractivity contribution in [1.82, 2.24) is 10.6 Å². The fourth-order valence-corrected chi connectivity index (χ4v) is 2.55. The molecule has 0 saturated carbocycles. The number of carbonyl (C=O) groups excluding carboxylic acids is 2. The molecule has 1 aliphatic rings. The van der Waals surface area contributed by atoms with Crippen LogP contribution in [0.25, 0.3) is 0 Å². The van der Waals surface area contributed by atoms with Gasteiger partial charge in [0.25, 0.3) is 5.91 Å². The summed E-state index contributed by atoms with van der Waals surface area (Å²) in [6, 6.07) is 6.70. The zero-order chi connectivity index (χ0) is 17.5. The van der Waals surface area contributed by atoms with Crippen LogP contribution in [0.15, 0.2) is 24.3 Å². The molecule has 6 heteroatoms. The quantitative estimate of drug-likeness (QED) is 0.699. The predicted molar refractivity (Wildman–Crippen MR) is 92.4 cm³/mol. The second-order valence-corrected chi connectivity index (χ2v) is 6.53. The van der Waals surface area contributed by atoms with E-state index in [-0.39, 0.29) is 23.8 Å². The van der Waals surface area contributed by atoms with Crippen LogP contribution in [0.5, 0.6) is 0 Å². The molecular weight excluding hydrogens is 306 g/mol. The second-order valence-electron chi connectivity index (χ2n) is 6.53. The van der Waals surface area contributed by atoms with Gasteiger partial charge in [0, 0.05) is 25.3 Å². The Balaban J connectivity index is 1.86. The number of hydrogen-bond acceptors (Lipinski definition) is 4. The zero-order valence-electron chi connectivity index (χ0n) is 14.4. The molecule has 1 heterocycles. The van der Waals surface area contributed by atoms with Crippen LogP contribution in [0.4, 0.5) is 0 Å². The number of ether oxygens (including phenoxy) is 1. The Morgan fingerprint density at radius 2 is 2.12 bits per heavy atom. The standard InChI is InChI=1S/C18H27N3O3/c1-12(2)16(19)18(23)20-10-13-5-3-6-14(9-13)17(22)21-11-15-7-4-8-24-15/h3,5-6,9,12,15-16H,4,7-8,10-11,19H2,1-2H3,(H,20,23)(H,21,22)/t15?,16-/m0/s1. The van der Waals surface area contributed by atoms with E-state index in [1.807, 2.05) is 26.0 Å². The van der Waals surface area contributed by atoms with Crippen LogP contribution in [0.1, 0.15) is 42.6 Å². The Morgan fingerprint density at radius 1 is 1.33 bits per heavy atom. The van der Waals surface area contributed by atoms with E-state index in [1.165, 1.54) is 0 Å². The third-order valence-electron chi connectivity index (χ3n) is 4.19. The number of hydrogen-bond donors (Lipinski definition) is 3. The Morgan fingerprint density at radius 3 is 2.79 bits per heavy atom. The minimum atomic E-state index is -0.525. The van der Waals surface area contributed by atoms with E-state index >= 15 is 0 Å². The number of amides is 2. The number of nitrogens with one attached hydrogen (secondary N) is 2. The summed E-state index contributed by atoms with van der Waals surface area (Å²) in [4.78, 5) is 24.1. The molecule has 0 aliphatic carbocycles. The topological polar surface area (TPSA) is 93.5 Å². The van der Waals surface area contributed by atoms with Crippen LogP contribution in [0, 0.1) is 5.92 Å². The van der Waals surface area contributed by atoms with Gasteiger partial charge in [0.05, 0.1) is 12.1 Å². The van der Waals surface area contributed by atoms with Crippen LogP contribution in [0.3, 0.4) is 0 Å². The Labute approximate surface area is 143 Å². The lowest BCUT2D eigenvalue weighted by Crippen LogP contribution is -2.43. The van der Waals surface area contributed by atoms with Gasteiger partial charge >= 0.3 is 0 Å². The number of benzene rings is 1. The van der Waals surface area contributed by atoms with E-state index in [9.17, 15) is 9.59 Å². The fraction of sp³-hybridized carbons (Fsp3) is 0.556. The van der Waals surface area contributed by atoms with Gasteiger partial charge in [-0.2, -0.15) is 0 Å². The number of carbonyl (C=O) groups is 2. The maximum absolute atomic E-state index is 12.2. The summed E-state index contributed by atoms with van der Waals surface area (Å²) in [5, 5.41) is 5.70. The number of nitrogens with two attached hydrogens (primary N) is 1. The molecular formula is C18H27N3O3. The molecule has 1 unspecified atom stereocenters. The average Bonchev–Trinajstić information content (AvgIpc) is 3.10. The summed E-state index contributed by atoms with van der Waals surface area (Å²) < 4.78 is 5.50.